The minimum atomic E-state index is -1.14. The molecule has 0 radical (unpaired) electrons. The summed E-state index contributed by atoms with van der Waals surface area (Å²) in [6.45, 7) is -0.235. The van der Waals surface area contributed by atoms with Crippen molar-refractivity contribution in [2.45, 2.75) is 6.54 Å². The zero-order valence-corrected chi connectivity index (χ0v) is 12.4. The van der Waals surface area contributed by atoms with Crippen LogP contribution >= 0.6 is 0 Å². The molecule has 0 atom stereocenters. The highest BCUT2D eigenvalue weighted by Crippen LogP contribution is 2.16. The molecule has 0 aliphatic rings. The van der Waals surface area contributed by atoms with Crippen LogP contribution in [0.25, 0.3) is 0 Å². The third-order valence-corrected chi connectivity index (χ3v) is 3.02. The Kier molecular flexibility index (Phi) is 5.00. The number of hydrogen-bond acceptors (Lipinski definition) is 5. The molecule has 0 fully saturated rings. The summed E-state index contributed by atoms with van der Waals surface area (Å²) in [6, 6.07) is 5.96. The molecule has 10 heteroatoms. The first-order chi connectivity index (χ1) is 11.4. The zero-order valence-electron chi connectivity index (χ0n) is 12.4. The summed E-state index contributed by atoms with van der Waals surface area (Å²) in [5, 5.41) is 22.6. The summed E-state index contributed by atoms with van der Waals surface area (Å²) >= 11 is 0. The van der Waals surface area contributed by atoms with Crippen LogP contribution in [-0.2, 0) is 11.3 Å². The standard InChI is InChI=1S/C14H15N5O5/c15-12(22)11-13(23)17-7-19(11)6-8-1-3-9(4-2-8)18-14(24)16-5-10(20)21/h1-4,7,23H,5-6H2,(H2,15,22)(H,20,21)(H2,16,18,24). The molecule has 2 rings (SSSR count). The van der Waals surface area contributed by atoms with E-state index < -0.39 is 30.3 Å². The van der Waals surface area contributed by atoms with Crippen molar-refractivity contribution in [3.63, 3.8) is 0 Å². The number of primary amides is 1. The van der Waals surface area contributed by atoms with Gasteiger partial charge in [0.15, 0.2) is 5.69 Å². The lowest BCUT2D eigenvalue weighted by Gasteiger charge is -2.08. The van der Waals surface area contributed by atoms with Crippen LogP contribution in [0.4, 0.5) is 10.5 Å². The number of nitrogens with zero attached hydrogens (tertiary/aromatic N) is 2. The highest BCUT2D eigenvalue weighted by molar-refractivity contribution is 5.93. The van der Waals surface area contributed by atoms with E-state index in [1.54, 1.807) is 24.3 Å². The van der Waals surface area contributed by atoms with Crippen LogP contribution in [0.15, 0.2) is 30.6 Å². The SMILES string of the molecule is NC(=O)c1c(O)ncn1Cc1ccc(NC(=O)NCC(=O)O)cc1. The van der Waals surface area contributed by atoms with Crippen molar-refractivity contribution in [3.8, 4) is 5.88 Å². The molecule has 10 nitrogen and oxygen atoms in total. The van der Waals surface area contributed by atoms with Crippen LogP contribution in [0.3, 0.4) is 0 Å². The Labute approximate surface area is 135 Å². The zero-order chi connectivity index (χ0) is 17.7. The van der Waals surface area contributed by atoms with Crippen molar-refractivity contribution in [2.75, 3.05) is 11.9 Å². The van der Waals surface area contributed by atoms with Gasteiger partial charge in [0.2, 0.25) is 5.88 Å². The number of nitrogens with two attached hydrogens (primary N) is 1. The summed E-state index contributed by atoms with van der Waals surface area (Å²) in [6.07, 6.45) is 1.29. The second kappa shape index (κ2) is 7.13. The molecule has 0 aliphatic heterocycles. The van der Waals surface area contributed by atoms with Gasteiger partial charge in [-0.05, 0) is 17.7 Å². The largest absolute Gasteiger partial charge is 0.492 e. The topological polar surface area (TPSA) is 160 Å². The number of nitrogens with one attached hydrogen (secondary N) is 2. The van der Waals surface area contributed by atoms with Gasteiger partial charge in [0.05, 0.1) is 6.33 Å². The van der Waals surface area contributed by atoms with E-state index in [0.717, 1.165) is 5.56 Å². The first-order valence-corrected chi connectivity index (χ1v) is 6.76. The van der Waals surface area contributed by atoms with E-state index in [0.29, 0.717) is 5.69 Å². The minimum absolute atomic E-state index is 0.0924. The van der Waals surface area contributed by atoms with Crippen molar-refractivity contribution in [2.24, 2.45) is 5.73 Å². The number of urea groups is 1. The molecule has 0 aliphatic carbocycles. The number of carbonyl (C=O) groups is 3. The van der Waals surface area contributed by atoms with Gasteiger partial charge in [0, 0.05) is 12.2 Å². The summed E-state index contributed by atoms with van der Waals surface area (Å²) in [7, 11) is 0. The van der Waals surface area contributed by atoms with Crippen molar-refractivity contribution in [1.82, 2.24) is 14.9 Å². The number of aliphatic carboxylic acids is 1. The van der Waals surface area contributed by atoms with Gasteiger partial charge in [-0.25, -0.2) is 9.78 Å². The van der Waals surface area contributed by atoms with Crippen molar-refractivity contribution >= 4 is 23.6 Å². The number of aromatic nitrogens is 2. The van der Waals surface area contributed by atoms with E-state index in [4.69, 9.17) is 10.8 Å². The molecule has 126 valence electrons. The van der Waals surface area contributed by atoms with Crippen LogP contribution < -0.4 is 16.4 Å². The van der Waals surface area contributed by atoms with Crippen molar-refractivity contribution < 1.29 is 24.6 Å². The number of aromatic hydroxyl groups is 1. The normalized spacial score (nSPS) is 10.2. The highest BCUT2D eigenvalue weighted by atomic mass is 16.4. The van der Waals surface area contributed by atoms with Gasteiger partial charge in [-0.2, -0.15) is 0 Å². The van der Waals surface area contributed by atoms with E-state index in [2.05, 4.69) is 15.6 Å². The average Bonchev–Trinajstić information content (AvgIpc) is 2.88. The van der Waals surface area contributed by atoms with Crippen LogP contribution in [0, 0.1) is 0 Å². The number of amides is 3. The fourth-order valence-electron chi connectivity index (χ4n) is 1.96. The first kappa shape index (κ1) is 16.8. The monoisotopic (exact) mass is 333 g/mol. The van der Waals surface area contributed by atoms with E-state index >= 15 is 0 Å². The molecule has 0 bridgehead atoms. The van der Waals surface area contributed by atoms with E-state index in [9.17, 15) is 19.5 Å². The van der Waals surface area contributed by atoms with Crippen molar-refractivity contribution in [3.05, 3.63) is 41.9 Å². The van der Waals surface area contributed by atoms with Crippen LogP contribution in [0.2, 0.25) is 0 Å². The third-order valence-electron chi connectivity index (χ3n) is 3.02. The molecule has 6 N–H and O–H groups in total. The minimum Gasteiger partial charge on any atom is -0.492 e. The number of imidazole rings is 1. The fraction of sp³-hybridized carbons (Fsp3) is 0.143. The van der Waals surface area contributed by atoms with E-state index in [-0.39, 0.29) is 12.2 Å². The lowest BCUT2D eigenvalue weighted by atomic mass is 10.2. The van der Waals surface area contributed by atoms with Gasteiger partial charge < -0.3 is 31.1 Å². The Hall–Kier alpha value is -3.56. The average molecular weight is 333 g/mol. The quantitative estimate of drug-likeness (QED) is 0.498. The van der Waals surface area contributed by atoms with Crippen LogP contribution in [0.1, 0.15) is 16.1 Å². The second-order valence-corrected chi connectivity index (χ2v) is 4.81. The smallest absolute Gasteiger partial charge is 0.323 e. The summed E-state index contributed by atoms with van der Waals surface area (Å²) in [5.74, 6) is -2.37. The van der Waals surface area contributed by atoms with Crippen LogP contribution in [0.5, 0.6) is 5.88 Å². The lowest BCUT2D eigenvalue weighted by Crippen LogP contribution is -2.33. The number of rotatable bonds is 6. The van der Waals surface area contributed by atoms with Gasteiger partial charge in [-0.3, -0.25) is 9.59 Å². The maximum Gasteiger partial charge on any atom is 0.323 e. The Morgan fingerprint density at radius 3 is 2.46 bits per heavy atom. The van der Waals surface area contributed by atoms with Gasteiger partial charge in [0.25, 0.3) is 5.91 Å². The number of hydrogen-bond donors (Lipinski definition) is 5. The Morgan fingerprint density at radius 2 is 1.88 bits per heavy atom. The maximum atomic E-state index is 11.4. The molecule has 24 heavy (non-hydrogen) atoms. The van der Waals surface area contributed by atoms with Gasteiger partial charge in [-0.15, -0.1) is 0 Å². The lowest BCUT2D eigenvalue weighted by molar-refractivity contribution is -0.135. The summed E-state index contributed by atoms with van der Waals surface area (Å²) in [4.78, 5) is 36.7. The Morgan fingerprint density at radius 1 is 1.21 bits per heavy atom. The van der Waals surface area contributed by atoms with Gasteiger partial charge >= 0.3 is 12.0 Å². The van der Waals surface area contributed by atoms with Crippen molar-refractivity contribution in [1.29, 1.82) is 0 Å². The highest BCUT2D eigenvalue weighted by Gasteiger charge is 2.15. The fourth-order valence-corrected chi connectivity index (χ4v) is 1.96. The predicted octanol–water partition coefficient (Wildman–Crippen LogP) is -0.0580. The Bertz CT molecular complexity index is 768. The third kappa shape index (κ3) is 4.22. The molecule has 0 saturated carbocycles. The Balaban J connectivity index is 2.01. The number of benzene rings is 1. The summed E-state index contributed by atoms with van der Waals surface area (Å²) < 4.78 is 1.40. The molecular weight excluding hydrogens is 318 g/mol. The number of anilines is 1. The first-order valence-electron chi connectivity index (χ1n) is 6.76. The second-order valence-electron chi connectivity index (χ2n) is 4.81. The maximum absolute atomic E-state index is 11.4. The molecular formula is C14H15N5O5. The molecule has 3 amide bonds. The van der Waals surface area contributed by atoms with Gasteiger partial charge in [-0.1, -0.05) is 12.1 Å². The summed E-state index contributed by atoms with van der Waals surface area (Å²) in [5.41, 5.74) is 6.33. The molecule has 1 aromatic carbocycles. The predicted molar refractivity (Wildman–Crippen MR) is 82.6 cm³/mol. The number of carbonyl (C=O) groups excluding carboxylic acids is 2. The van der Waals surface area contributed by atoms with Crippen LogP contribution in [-0.4, -0.2) is 44.2 Å². The molecule has 2 aromatic rings. The number of carboxylic acids is 1. The molecule has 0 unspecified atom stereocenters. The molecule has 1 heterocycles. The molecule has 0 spiro atoms. The van der Waals surface area contributed by atoms with E-state index in [1.807, 2.05) is 0 Å². The van der Waals surface area contributed by atoms with Gasteiger partial charge in [0.1, 0.15) is 6.54 Å². The number of carboxylic acid groups (broad SMARTS) is 1. The van der Waals surface area contributed by atoms with E-state index in [1.165, 1.54) is 10.9 Å². The molecule has 1 aromatic heterocycles. The molecule has 0 saturated heterocycles.